The Hall–Kier alpha value is -2.14. The van der Waals surface area contributed by atoms with Crippen molar-refractivity contribution in [2.45, 2.75) is 0 Å². The first-order chi connectivity index (χ1) is 12.5. The number of ketones is 1. The quantitative estimate of drug-likeness (QED) is 0.480. The topological polar surface area (TPSA) is 46.2 Å². The van der Waals surface area contributed by atoms with Gasteiger partial charge in [0.1, 0.15) is 0 Å². The molecule has 26 heavy (non-hydrogen) atoms. The van der Waals surface area contributed by atoms with E-state index in [1.54, 1.807) is 54.6 Å². The average molecular weight is 449 g/mol. The maximum absolute atomic E-state index is 12.9. The monoisotopic (exact) mass is 447 g/mol. The first-order valence-electron chi connectivity index (χ1n) is 7.62. The van der Waals surface area contributed by atoms with E-state index < -0.39 is 0 Å². The van der Waals surface area contributed by atoms with Crippen LogP contribution < -0.4 is 5.32 Å². The van der Waals surface area contributed by atoms with Gasteiger partial charge in [0.2, 0.25) is 0 Å². The van der Waals surface area contributed by atoms with Gasteiger partial charge in [0.05, 0.1) is 16.3 Å². The molecule has 0 spiro atoms. The van der Waals surface area contributed by atoms with Gasteiger partial charge in [-0.15, -0.1) is 0 Å². The van der Waals surface area contributed by atoms with Crippen LogP contribution in [0, 0.1) is 0 Å². The summed E-state index contributed by atoms with van der Waals surface area (Å²) in [6.45, 7) is 0. The van der Waals surface area contributed by atoms with Gasteiger partial charge in [0, 0.05) is 20.6 Å². The molecule has 1 amide bonds. The smallest absolute Gasteiger partial charge is 0.256 e. The molecule has 0 unspecified atom stereocenters. The van der Waals surface area contributed by atoms with Crippen LogP contribution in [0.15, 0.2) is 71.2 Å². The number of halogens is 3. The van der Waals surface area contributed by atoms with E-state index in [2.05, 4.69) is 21.2 Å². The van der Waals surface area contributed by atoms with E-state index in [0.717, 1.165) is 0 Å². The lowest BCUT2D eigenvalue weighted by Crippen LogP contribution is -2.16. The fraction of sp³-hybridized carbons (Fsp3) is 0. The summed E-state index contributed by atoms with van der Waals surface area (Å²) in [6.07, 6.45) is 0. The average Bonchev–Trinajstić information content (AvgIpc) is 2.63. The van der Waals surface area contributed by atoms with Crippen LogP contribution in [0.25, 0.3) is 0 Å². The normalized spacial score (nSPS) is 10.4. The highest BCUT2D eigenvalue weighted by Gasteiger charge is 2.19. The van der Waals surface area contributed by atoms with Crippen LogP contribution in [0.2, 0.25) is 10.0 Å². The van der Waals surface area contributed by atoms with Crippen molar-refractivity contribution in [3.8, 4) is 0 Å². The minimum Gasteiger partial charge on any atom is -0.321 e. The highest BCUT2D eigenvalue weighted by molar-refractivity contribution is 9.10. The van der Waals surface area contributed by atoms with E-state index in [4.69, 9.17) is 23.2 Å². The van der Waals surface area contributed by atoms with Gasteiger partial charge in [-0.3, -0.25) is 9.59 Å². The summed E-state index contributed by atoms with van der Waals surface area (Å²) >= 11 is 15.5. The van der Waals surface area contributed by atoms with Gasteiger partial charge >= 0.3 is 0 Å². The molecule has 3 nitrogen and oxygen atoms in total. The minimum absolute atomic E-state index is 0.269. The zero-order valence-corrected chi connectivity index (χ0v) is 16.4. The lowest BCUT2D eigenvalue weighted by atomic mass is 10.0. The molecule has 130 valence electrons. The third-order valence-corrected chi connectivity index (χ3v) is 4.97. The SMILES string of the molecule is O=C(Nc1ccc(Cl)cc1C(=O)c1ccccc1Cl)c1ccccc1Br. The molecule has 0 aromatic heterocycles. The Morgan fingerprint density at radius 1 is 0.808 bits per heavy atom. The molecule has 6 heteroatoms. The van der Waals surface area contributed by atoms with Gasteiger partial charge in [0.15, 0.2) is 5.78 Å². The zero-order chi connectivity index (χ0) is 18.7. The number of hydrogen-bond donors (Lipinski definition) is 1. The summed E-state index contributed by atoms with van der Waals surface area (Å²) in [6, 6.07) is 18.5. The zero-order valence-electron chi connectivity index (χ0n) is 13.3. The summed E-state index contributed by atoms with van der Waals surface area (Å²) in [5.41, 5.74) is 1.43. The molecule has 3 aromatic carbocycles. The number of carbonyl (C=O) groups excluding carboxylic acids is 2. The number of carbonyl (C=O) groups is 2. The van der Waals surface area contributed by atoms with Gasteiger partial charge < -0.3 is 5.32 Å². The van der Waals surface area contributed by atoms with Crippen LogP contribution in [0.4, 0.5) is 5.69 Å². The van der Waals surface area contributed by atoms with E-state index >= 15 is 0 Å². The third kappa shape index (κ3) is 3.98. The van der Waals surface area contributed by atoms with Crippen LogP contribution in [-0.4, -0.2) is 11.7 Å². The fourth-order valence-electron chi connectivity index (χ4n) is 2.44. The van der Waals surface area contributed by atoms with E-state index in [1.165, 1.54) is 6.07 Å². The Bertz CT molecular complexity index is 1000. The maximum atomic E-state index is 12.9. The Kier molecular flexibility index (Phi) is 5.77. The third-order valence-electron chi connectivity index (χ3n) is 3.71. The number of benzene rings is 3. The molecule has 0 bridgehead atoms. The van der Waals surface area contributed by atoms with Crippen LogP contribution >= 0.6 is 39.1 Å². The number of rotatable bonds is 4. The maximum Gasteiger partial charge on any atom is 0.256 e. The fourth-order valence-corrected chi connectivity index (χ4v) is 3.30. The van der Waals surface area contributed by atoms with Crippen molar-refractivity contribution < 1.29 is 9.59 Å². The predicted molar refractivity (Wildman–Crippen MR) is 108 cm³/mol. The van der Waals surface area contributed by atoms with E-state index in [-0.39, 0.29) is 17.3 Å². The predicted octanol–water partition coefficient (Wildman–Crippen LogP) is 6.24. The molecule has 0 saturated heterocycles. The molecule has 0 heterocycles. The lowest BCUT2D eigenvalue weighted by molar-refractivity contribution is 0.102. The van der Waals surface area contributed by atoms with E-state index in [1.807, 2.05) is 6.07 Å². The number of hydrogen-bond acceptors (Lipinski definition) is 2. The molecule has 1 N–H and O–H groups in total. The van der Waals surface area contributed by atoms with Crippen molar-refractivity contribution in [3.63, 3.8) is 0 Å². The molecule has 0 saturated carbocycles. The molecular formula is C20H12BrCl2NO2. The molecule has 0 radical (unpaired) electrons. The van der Waals surface area contributed by atoms with Gasteiger partial charge in [-0.1, -0.05) is 47.5 Å². The summed E-state index contributed by atoms with van der Waals surface area (Å²) in [7, 11) is 0. The number of anilines is 1. The largest absolute Gasteiger partial charge is 0.321 e. The van der Waals surface area contributed by atoms with Crippen LogP contribution in [0.5, 0.6) is 0 Å². The van der Waals surface area contributed by atoms with E-state index in [0.29, 0.717) is 31.3 Å². The standard InChI is InChI=1S/C20H12BrCl2NO2/c21-16-7-3-1-5-13(16)20(26)24-18-10-9-12(22)11-15(18)19(25)14-6-2-4-8-17(14)23/h1-11H,(H,24,26). The summed E-state index contributed by atoms with van der Waals surface area (Å²) in [5, 5.41) is 3.50. The van der Waals surface area contributed by atoms with Crippen LogP contribution in [0.3, 0.4) is 0 Å². The van der Waals surface area contributed by atoms with Crippen LogP contribution in [0.1, 0.15) is 26.3 Å². The van der Waals surface area contributed by atoms with Crippen molar-refractivity contribution in [2.75, 3.05) is 5.32 Å². The van der Waals surface area contributed by atoms with E-state index in [9.17, 15) is 9.59 Å². The molecular weight excluding hydrogens is 437 g/mol. The molecule has 0 aliphatic heterocycles. The van der Waals surface area contributed by atoms with Gasteiger partial charge in [0.25, 0.3) is 5.91 Å². The molecule has 0 fully saturated rings. The second kappa shape index (κ2) is 8.04. The summed E-state index contributed by atoms with van der Waals surface area (Å²) in [4.78, 5) is 25.5. The Morgan fingerprint density at radius 2 is 1.46 bits per heavy atom. The van der Waals surface area contributed by atoms with Crippen molar-refractivity contribution in [1.82, 2.24) is 0 Å². The second-order valence-corrected chi connectivity index (χ2v) is 7.13. The number of nitrogens with one attached hydrogen (secondary N) is 1. The van der Waals surface area contributed by atoms with Crippen molar-refractivity contribution in [3.05, 3.63) is 97.9 Å². The Balaban J connectivity index is 1.99. The Morgan fingerprint density at radius 3 is 2.15 bits per heavy atom. The van der Waals surface area contributed by atoms with Gasteiger partial charge in [-0.2, -0.15) is 0 Å². The molecule has 0 aliphatic carbocycles. The molecule has 0 atom stereocenters. The van der Waals surface area contributed by atoms with Crippen molar-refractivity contribution in [1.29, 1.82) is 0 Å². The molecule has 0 aliphatic rings. The lowest BCUT2D eigenvalue weighted by Gasteiger charge is -2.12. The summed E-state index contributed by atoms with van der Waals surface area (Å²) in [5.74, 6) is -0.659. The second-order valence-electron chi connectivity index (χ2n) is 5.43. The van der Waals surface area contributed by atoms with Gasteiger partial charge in [-0.25, -0.2) is 0 Å². The summed E-state index contributed by atoms with van der Waals surface area (Å²) < 4.78 is 0.658. The van der Waals surface area contributed by atoms with Crippen molar-refractivity contribution in [2.24, 2.45) is 0 Å². The van der Waals surface area contributed by atoms with Gasteiger partial charge in [-0.05, 0) is 58.4 Å². The molecule has 3 rings (SSSR count). The van der Waals surface area contributed by atoms with Crippen LogP contribution in [-0.2, 0) is 0 Å². The highest BCUT2D eigenvalue weighted by Crippen LogP contribution is 2.27. The number of amides is 1. The highest BCUT2D eigenvalue weighted by atomic mass is 79.9. The first-order valence-corrected chi connectivity index (χ1v) is 9.17. The minimum atomic E-state index is -0.340. The van der Waals surface area contributed by atoms with Crippen molar-refractivity contribution >= 4 is 56.5 Å². The first kappa shape index (κ1) is 18.6. The molecule has 3 aromatic rings. The Labute approximate surface area is 169 Å².